The number of hydrogen-bond donors (Lipinski definition) is 2. The predicted molar refractivity (Wildman–Crippen MR) is 134 cm³/mol. The summed E-state index contributed by atoms with van der Waals surface area (Å²) in [5.74, 6) is -0.615. The van der Waals surface area contributed by atoms with Gasteiger partial charge in [-0.1, -0.05) is 18.9 Å². The zero-order valence-corrected chi connectivity index (χ0v) is 21.5. The van der Waals surface area contributed by atoms with Gasteiger partial charge in [0.15, 0.2) is 0 Å². The van der Waals surface area contributed by atoms with Crippen LogP contribution in [0.15, 0.2) is 24.3 Å². The molecule has 0 bridgehead atoms. The van der Waals surface area contributed by atoms with E-state index in [2.05, 4.69) is 5.32 Å². The van der Waals surface area contributed by atoms with E-state index in [0.29, 0.717) is 16.9 Å². The third-order valence-electron chi connectivity index (χ3n) is 7.57. The van der Waals surface area contributed by atoms with Gasteiger partial charge in [-0.05, 0) is 72.7 Å². The quantitative estimate of drug-likeness (QED) is 0.413. The van der Waals surface area contributed by atoms with Crippen LogP contribution in [-0.4, -0.2) is 43.0 Å². The molecule has 0 spiro atoms. The normalized spacial score (nSPS) is 18.1. The summed E-state index contributed by atoms with van der Waals surface area (Å²) in [5, 5.41) is 12.9. The molecule has 1 saturated heterocycles. The maximum atomic E-state index is 14.6. The van der Waals surface area contributed by atoms with Gasteiger partial charge >= 0.3 is 12.1 Å². The van der Waals surface area contributed by atoms with Crippen LogP contribution in [-0.2, 0) is 27.1 Å². The minimum atomic E-state index is -4.69. The number of halogens is 3. The highest BCUT2D eigenvalue weighted by atomic mass is 19.4. The molecule has 0 amide bonds. The van der Waals surface area contributed by atoms with Crippen LogP contribution in [0.1, 0.15) is 60.8 Å². The summed E-state index contributed by atoms with van der Waals surface area (Å²) in [5.41, 5.74) is 0.250. The molecule has 9 heteroatoms. The summed E-state index contributed by atoms with van der Waals surface area (Å²) in [4.78, 5) is 12.2. The number of methoxy groups -OCH3 is 1. The lowest BCUT2D eigenvalue weighted by Crippen LogP contribution is -2.50. The molecule has 2 aliphatic rings. The lowest BCUT2D eigenvalue weighted by molar-refractivity contribution is -0.145. The molecule has 1 saturated carbocycles. The van der Waals surface area contributed by atoms with Crippen molar-refractivity contribution in [2.45, 2.75) is 76.8 Å². The second kappa shape index (κ2) is 10.9. The monoisotopic (exact) mass is 521 g/mol. The molecule has 2 aromatic rings. The van der Waals surface area contributed by atoms with Gasteiger partial charge in [-0.2, -0.15) is 13.2 Å². The van der Waals surface area contributed by atoms with Crippen LogP contribution < -0.4 is 10.1 Å². The van der Waals surface area contributed by atoms with Crippen LogP contribution in [0.5, 0.6) is 5.75 Å². The zero-order chi connectivity index (χ0) is 26.8. The summed E-state index contributed by atoms with van der Waals surface area (Å²) in [6.07, 6.45) is -0.587. The molecule has 202 valence electrons. The first-order chi connectivity index (χ1) is 17.5. The van der Waals surface area contributed by atoms with Crippen LogP contribution in [0, 0.1) is 13.8 Å². The topological polar surface area (TPSA) is 77.0 Å². The van der Waals surface area contributed by atoms with E-state index in [-0.39, 0.29) is 50.0 Å². The number of hydrogen-bond acceptors (Lipinski definition) is 5. The van der Waals surface area contributed by atoms with Gasteiger partial charge in [-0.3, -0.25) is 0 Å². The van der Waals surface area contributed by atoms with Crippen LogP contribution in [0.25, 0.3) is 11.1 Å². The Kier molecular flexibility index (Phi) is 8.04. The minimum Gasteiger partial charge on any atom is -0.496 e. The van der Waals surface area contributed by atoms with Gasteiger partial charge < -0.3 is 24.6 Å². The SMILES string of the molecule is COc1cc(-c2c(COC3CCCC3)cc(NC3(C(=O)O)CCOCC3)cc2C(F)(F)F)cc(C)c1C. The highest BCUT2D eigenvalue weighted by molar-refractivity contribution is 5.84. The fourth-order valence-corrected chi connectivity index (χ4v) is 5.29. The second-order valence-corrected chi connectivity index (χ2v) is 10.0. The number of aryl methyl sites for hydroxylation is 1. The first kappa shape index (κ1) is 27.3. The maximum Gasteiger partial charge on any atom is 0.417 e. The minimum absolute atomic E-state index is 0.00560. The van der Waals surface area contributed by atoms with Crippen molar-refractivity contribution in [3.8, 4) is 16.9 Å². The molecule has 0 atom stereocenters. The van der Waals surface area contributed by atoms with Crippen molar-refractivity contribution in [2.75, 3.05) is 25.6 Å². The van der Waals surface area contributed by atoms with Gasteiger partial charge in [0.2, 0.25) is 0 Å². The Labute approximate surface area is 215 Å². The standard InChI is InChI=1S/C28H34F3NO5/c1-17-12-19(14-24(35-3)18(17)2)25-20(16-37-22-6-4-5-7-22)13-21(15-23(25)28(29,30)31)32-27(26(33)34)8-10-36-11-9-27/h12-15,22,32H,4-11,16H2,1-3H3,(H,33,34). The number of benzene rings is 2. The molecule has 1 heterocycles. The molecule has 4 rings (SSSR count). The Bertz CT molecular complexity index is 1140. The molecular formula is C28H34F3NO5. The fraction of sp³-hybridized carbons (Fsp3) is 0.536. The molecule has 2 N–H and O–H groups in total. The van der Waals surface area contributed by atoms with Gasteiger partial charge in [-0.25, -0.2) is 4.79 Å². The summed E-state index contributed by atoms with van der Waals surface area (Å²) < 4.78 is 60.6. The zero-order valence-electron chi connectivity index (χ0n) is 21.5. The number of ether oxygens (including phenoxy) is 3. The molecule has 2 aromatic carbocycles. The Morgan fingerprint density at radius 3 is 2.41 bits per heavy atom. The molecule has 0 unspecified atom stereocenters. The Morgan fingerprint density at radius 2 is 1.81 bits per heavy atom. The highest BCUT2D eigenvalue weighted by Gasteiger charge is 2.42. The van der Waals surface area contributed by atoms with Crippen molar-refractivity contribution >= 4 is 11.7 Å². The van der Waals surface area contributed by atoms with Gasteiger partial charge in [0.1, 0.15) is 11.3 Å². The van der Waals surface area contributed by atoms with Crippen molar-refractivity contribution in [1.82, 2.24) is 0 Å². The van der Waals surface area contributed by atoms with Crippen LogP contribution in [0.3, 0.4) is 0 Å². The van der Waals surface area contributed by atoms with E-state index in [4.69, 9.17) is 14.2 Å². The predicted octanol–water partition coefficient (Wildman–Crippen LogP) is 6.50. The number of carboxylic acid groups (broad SMARTS) is 1. The summed E-state index contributed by atoms with van der Waals surface area (Å²) in [7, 11) is 1.49. The van der Waals surface area contributed by atoms with E-state index >= 15 is 0 Å². The lowest BCUT2D eigenvalue weighted by atomic mass is 9.88. The van der Waals surface area contributed by atoms with Crippen molar-refractivity contribution in [2.24, 2.45) is 0 Å². The molecule has 1 aliphatic heterocycles. The van der Waals surface area contributed by atoms with Gasteiger partial charge in [0.25, 0.3) is 0 Å². The van der Waals surface area contributed by atoms with Gasteiger partial charge in [-0.15, -0.1) is 0 Å². The maximum absolute atomic E-state index is 14.6. The number of nitrogens with one attached hydrogen (secondary N) is 1. The Hall–Kier alpha value is -2.78. The summed E-state index contributed by atoms with van der Waals surface area (Å²) >= 11 is 0. The van der Waals surface area contributed by atoms with Crippen LogP contribution >= 0.6 is 0 Å². The Morgan fingerprint density at radius 1 is 1.14 bits per heavy atom. The first-order valence-corrected chi connectivity index (χ1v) is 12.6. The molecule has 0 aromatic heterocycles. The first-order valence-electron chi connectivity index (χ1n) is 12.6. The van der Waals surface area contributed by atoms with E-state index in [1.807, 2.05) is 13.8 Å². The van der Waals surface area contributed by atoms with E-state index in [1.165, 1.54) is 7.11 Å². The second-order valence-electron chi connectivity index (χ2n) is 10.0. The summed E-state index contributed by atoms with van der Waals surface area (Å²) in [6, 6.07) is 5.96. The summed E-state index contributed by atoms with van der Waals surface area (Å²) in [6.45, 7) is 4.10. The smallest absolute Gasteiger partial charge is 0.417 e. The number of anilines is 1. The average Bonchev–Trinajstić information content (AvgIpc) is 3.38. The van der Waals surface area contributed by atoms with Crippen molar-refractivity contribution in [3.05, 3.63) is 46.5 Å². The number of carboxylic acids is 1. The van der Waals surface area contributed by atoms with Gasteiger partial charge in [0.05, 0.1) is 25.4 Å². The molecule has 1 aliphatic carbocycles. The third kappa shape index (κ3) is 5.88. The van der Waals surface area contributed by atoms with E-state index in [9.17, 15) is 23.1 Å². The van der Waals surface area contributed by atoms with Crippen LogP contribution in [0.2, 0.25) is 0 Å². The van der Waals surface area contributed by atoms with E-state index in [1.54, 1.807) is 18.2 Å². The molecule has 37 heavy (non-hydrogen) atoms. The molecular weight excluding hydrogens is 487 g/mol. The number of alkyl halides is 3. The van der Waals surface area contributed by atoms with E-state index < -0.39 is 23.2 Å². The average molecular weight is 522 g/mol. The van der Waals surface area contributed by atoms with Crippen LogP contribution in [0.4, 0.5) is 18.9 Å². The van der Waals surface area contributed by atoms with Gasteiger partial charge in [0, 0.05) is 31.7 Å². The Balaban J connectivity index is 1.87. The molecule has 2 fully saturated rings. The molecule has 0 radical (unpaired) electrons. The number of aliphatic carboxylic acids is 1. The van der Waals surface area contributed by atoms with Crippen molar-refractivity contribution in [3.63, 3.8) is 0 Å². The van der Waals surface area contributed by atoms with E-state index in [0.717, 1.165) is 42.9 Å². The lowest BCUT2D eigenvalue weighted by Gasteiger charge is -2.35. The largest absolute Gasteiger partial charge is 0.496 e. The highest BCUT2D eigenvalue weighted by Crippen LogP contribution is 2.44. The number of rotatable bonds is 8. The number of carbonyl (C=O) groups is 1. The third-order valence-corrected chi connectivity index (χ3v) is 7.57. The molecule has 6 nitrogen and oxygen atoms in total. The van der Waals surface area contributed by atoms with Crippen molar-refractivity contribution < 1.29 is 37.3 Å². The fourth-order valence-electron chi connectivity index (χ4n) is 5.29. The van der Waals surface area contributed by atoms with Crippen molar-refractivity contribution in [1.29, 1.82) is 0 Å².